The van der Waals surface area contributed by atoms with E-state index in [0.29, 0.717) is 24.0 Å². The third kappa shape index (κ3) is 3.19. The fourth-order valence-corrected chi connectivity index (χ4v) is 2.99. The zero-order chi connectivity index (χ0) is 16.4. The lowest BCUT2D eigenvalue weighted by atomic mass is 10.2. The van der Waals surface area contributed by atoms with Gasteiger partial charge in [-0.1, -0.05) is 12.1 Å². The molecule has 1 aromatic heterocycles. The molecule has 23 heavy (non-hydrogen) atoms. The lowest BCUT2D eigenvalue weighted by molar-refractivity contribution is -0.132. The van der Waals surface area contributed by atoms with Gasteiger partial charge in [-0.05, 0) is 19.1 Å². The van der Waals surface area contributed by atoms with Crippen molar-refractivity contribution in [1.29, 1.82) is 0 Å². The summed E-state index contributed by atoms with van der Waals surface area (Å²) in [6.45, 7) is 4.45. The smallest absolute Gasteiger partial charge is 0.328 e. The molecule has 3 rings (SSSR count). The summed E-state index contributed by atoms with van der Waals surface area (Å²) in [5, 5.41) is 3.75. The number of para-hydroxylation sites is 1. The van der Waals surface area contributed by atoms with Crippen molar-refractivity contribution >= 4 is 16.8 Å². The van der Waals surface area contributed by atoms with E-state index in [0.717, 1.165) is 6.54 Å². The Bertz CT molecular complexity index is 839. The third-order valence-corrected chi connectivity index (χ3v) is 4.18. The molecule has 1 amide bonds. The van der Waals surface area contributed by atoms with Gasteiger partial charge in [0.2, 0.25) is 5.91 Å². The first-order valence-corrected chi connectivity index (χ1v) is 7.79. The number of aromatic nitrogens is 2. The molecule has 7 nitrogen and oxygen atoms in total. The molecule has 0 aliphatic carbocycles. The van der Waals surface area contributed by atoms with Crippen LogP contribution in [0.1, 0.15) is 13.3 Å². The van der Waals surface area contributed by atoms with Gasteiger partial charge in [-0.25, -0.2) is 4.79 Å². The number of piperazine rings is 1. The SMILES string of the molecule is C[C@H]1CN(C(=O)CCn2c(=O)[nH]c(=O)c3ccccc32)CCN1. The normalized spacial score (nSPS) is 18.3. The molecule has 7 heteroatoms. The van der Waals surface area contributed by atoms with Crippen LogP contribution in [0.4, 0.5) is 0 Å². The average Bonchev–Trinajstić information content (AvgIpc) is 2.54. The molecule has 1 atom stereocenters. The average molecular weight is 316 g/mol. The van der Waals surface area contributed by atoms with Gasteiger partial charge in [0.05, 0.1) is 10.9 Å². The highest BCUT2D eigenvalue weighted by atomic mass is 16.2. The van der Waals surface area contributed by atoms with E-state index in [9.17, 15) is 14.4 Å². The minimum Gasteiger partial charge on any atom is -0.340 e. The molecule has 1 saturated heterocycles. The topological polar surface area (TPSA) is 87.2 Å². The van der Waals surface area contributed by atoms with E-state index >= 15 is 0 Å². The van der Waals surface area contributed by atoms with E-state index in [2.05, 4.69) is 10.3 Å². The van der Waals surface area contributed by atoms with Crippen molar-refractivity contribution in [2.45, 2.75) is 25.9 Å². The molecule has 2 aromatic rings. The Morgan fingerprint density at radius 1 is 1.30 bits per heavy atom. The molecular weight excluding hydrogens is 296 g/mol. The maximum Gasteiger partial charge on any atom is 0.328 e. The number of rotatable bonds is 3. The number of carbonyl (C=O) groups excluding carboxylic acids is 1. The minimum absolute atomic E-state index is 0.0283. The van der Waals surface area contributed by atoms with Crippen molar-refractivity contribution in [2.75, 3.05) is 19.6 Å². The number of aryl methyl sites for hydroxylation is 1. The molecule has 0 spiro atoms. The molecule has 1 aliphatic heterocycles. The largest absolute Gasteiger partial charge is 0.340 e. The lowest BCUT2D eigenvalue weighted by Gasteiger charge is -2.32. The van der Waals surface area contributed by atoms with Crippen molar-refractivity contribution in [3.8, 4) is 0 Å². The number of fused-ring (bicyclic) bond motifs is 1. The molecule has 0 bridgehead atoms. The standard InChI is InChI=1S/C16H20N4O3/c1-11-10-19(9-7-17-11)14(21)6-8-20-13-5-3-2-4-12(13)15(22)18-16(20)23/h2-5,11,17H,6-10H2,1H3,(H,18,22,23)/t11-/m0/s1. The van der Waals surface area contributed by atoms with Crippen LogP contribution < -0.4 is 16.6 Å². The number of aromatic amines is 1. The van der Waals surface area contributed by atoms with Crippen LogP contribution in [-0.4, -0.2) is 46.0 Å². The van der Waals surface area contributed by atoms with Crippen LogP contribution in [-0.2, 0) is 11.3 Å². The monoisotopic (exact) mass is 316 g/mol. The number of amides is 1. The van der Waals surface area contributed by atoms with Crippen LogP contribution in [0, 0.1) is 0 Å². The number of nitrogens with one attached hydrogen (secondary N) is 2. The Hall–Kier alpha value is -2.41. The van der Waals surface area contributed by atoms with Crippen molar-refractivity contribution in [2.24, 2.45) is 0 Å². The molecule has 1 aromatic carbocycles. The van der Waals surface area contributed by atoms with Crippen LogP contribution >= 0.6 is 0 Å². The van der Waals surface area contributed by atoms with E-state index < -0.39 is 11.2 Å². The number of benzene rings is 1. The van der Waals surface area contributed by atoms with Crippen molar-refractivity contribution < 1.29 is 4.79 Å². The number of H-pyrrole nitrogens is 1. The number of hydrogen-bond acceptors (Lipinski definition) is 4. The predicted molar refractivity (Wildman–Crippen MR) is 87.5 cm³/mol. The van der Waals surface area contributed by atoms with Crippen molar-refractivity contribution in [3.05, 3.63) is 45.1 Å². The highest BCUT2D eigenvalue weighted by Gasteiger charge is 2.20. The van der Waals surface area contributed by atoms with E-state index in [4.69, 9.17) is 0 Å². The quantitative estimate of drug-likeness (QED) is 0.828. The Morgan fingerprint density at radius 2 is 2.09 bits per heavy atom. The van der Waals surface area contributed by atoms with Gasteiger partial charge in [-0.15, -0.1) is 0 Å². The highest BCUT2D eigenvalue weighted by Crippen LogP contribution is 2.08. The second kappa shape index (κ2) is 6.37. The zero-order valence-electron chi connectivity index (χ0n) is 13.0. The van der Waals surface area contributed by atoms with Gasteiger partial charge < -0.3 is 10.2 Å². The summed E-state index contributed by atoms with van der Waals surface area (Å²) < 4.78 is 1.46. The number of carbonyl (C=O) groups is 1. The van der Waals surface area contributed by atoms with Crippen molar-refractivity contribution in [3.63, 3.8) is 0 Å². The molecule has 122 valence electrons. The van der Waals surface area contributed by atoms with Gasteiger partial charge in [0, 0.05) is 38.6 Å². The maximum absolute atomic E-state index is 12.3. The molecular formula is C16H20N4O3. The van der Waals surface area contributed by atoms with Gasteiger partial charge in [0.1, 0.15) is 0 Å². The molecule has 2 N–H and O–H groups in total. The van der Waals surface area contributed by atoms with Gasteiger partial charge in [0.15, 0.2) is 0 Å². The van der Waals surface area contributed by atoms with Crippen LogP contribution in [0.5, 0.6) is 0 Å². The maximum atomic E-state index is 12.3. The molecule has 0 unspecified atom stereocenters. The van der Waals surface area contributed by atoms with Gasteiger partial charge >= 0.3 is 5.69 Å². The van der Waals surface area contributed by atoms with Crippen LogP contribution in [0.15, 0.2) is 33.9 Å². The molecule has 1 fully saturated rings. The summed E-state index contributed by atoms with van der Waals surface area (Å²) in [5.74, 6) is 0.0283. The third-order valence-electron chi connectivity index (χ3n) is 4.18. The second-order valence-electron chi connectivity index (χ2n) is 5.87. The van der Waals surface area contributed by atoms with E-state index in [1.807, 2.05) is 11.8 Å². The first-order chi connectivity index (χ1) is 11.1. The lowest BCUT2D eigenvalue weighted by Crippen LogP contribution is -2.51. The summed E-state index contributed by atoms with van der Waals surface area (Å²) in [6.07, 6.45) is 0.239. The summed E-state index contributed by atoms with van der Waals surface area (Å²) in [4.78, 5) is 40.4. The van der Waals surface area contributed by atoms with Gasteiger partial charge in [-0.2, -0.15) is 0 Å². The molecule has 0 saturated carbocycles. The van der Waals surface area contributed by atoms with Gasteiger partial charge in [0.25, 0.3) is 5.56 Å². The van der Waals surface area contributed by atoms with E-state index in [1.165, 1.54) is 4.57 Å². The van der Waals surface area contributed by atoms with E-state index in [-0.39, 0.29) is 24.9 Å². The fourth-order valence-electron chi connectivity index (χ4n) is 2.99. The Morgan fingerprint density at radius 3 is 2.87 bits per heavy atom. The van der Waals surface area contributed by atoms with Crippen LogP contribution in [0.2, 0.25) is 0 Å². The predicted octanol–water partition coefficient (Wildman–Crippen LogP) is -0.0998. The Labute approximate surface area is 132 Å². The molecule has 2 heterocycles. The minimum atomic E-state index is -0.477. The first kappa shape index (κ1) is 15.5. The summed E-state index contributed by atoms with van der Waals surface area (Å²) in [5.41, 5.74) is -0.318. The van der Waals surface area contributed by atoms with Crippen LogP contribution in [0.3, 0.4) is 0 Å². The summed E-state index contributed by atoms with van der Waals surface area (Å²) in [7, 11) is 0. The number of nitrogens with zero attached hydrogens (tertiary/aromatic N) is 2. The summed E-state index contributed by atoms with van der Waals surface area (Å²) in [6, 6.07) is 7.20. The van der Waals surface area contributed by atoms with Crippen LogP contribution in [0.25, 0.3) is 10.9 Å². The van der Waals surface area contributed by atoms with E-state index in [1.54, 1.807) is 24.3 Å². The summed E-state index contributed by atoms with van der Waals surface area (Å²) >= 11 is 0. The highest BCUT2D eigenvalue weighted by molar-refractivity contribution is 5.79. The molecule has 0 radical (unpaired) electrons. The fraction of sp³-hybridized carbons (Fsp3) is 0.438. The van der Waals surface area contributed by atoms with Gasteiger partial charge in [-0.3, -0.25) is 19.1 Å². The second-order valence-corrected chi connectivity index (χ2v) is 5.87. The first-order valence-electron chi connectivity index (χ1n) is 7.79. The zero-order valence-corrected chi connectivity index (χ0v) is 13.0. The Balaban J connectivity index is 1.81. The molecule has 1 aliphatic rings. The Kier molecular flexibility index (Phi) is 4.29. The number of hydrogen-bond donors (Lipinski definition) is 2. The van der Waals surface area contributed by atoms with Crippen molar-refractivity contribution in [1.82, 2.24) is 19.8 Å².